The van der Waals surface area contributed by atoms with Crippen molar-refractivity contribution in [2.45, 2.75) is 13.3 Å². The van der Waals surface area contributed by atoms with Crippen LogP contribution in [0.15, 0.2) is 42.0 Å². The minimum Gasteiger partial charge on any atom is -0.398 e. The lowest BCUT2D eigenvalue weighted by Crippen LogP contribution is -2.35. The van der Waals surface area contributed by atoms with E-state index in [2.05, 4.69) is 18.0 Å². The van der Waals surface area contributed by atoms with Crippen molar-refractivity contribution in [1.82, 2.24) is 9.88 Å². The van der Waals surface area contributed by atoms with Gasteiger partial charge in [0.2, 0.25) is 0 Å². The number of nitrogen functional groups attached to an aromatic ring is 1. The van der Waals surface area contributed by atoms with E-state index in [-0.39, 0.29) is 5.91 Å². The van der Waals surface area contributed by atoms with Crippen molar-refractivity contribution in [3.63, 3.8) is 0 Å². The van der Waals surface area contributed by atoms with Crippen LogP contribution in [0.4, 0.5) is 5.69 Å². The van der Waals surface area contributed by atoms with Gasteiger partial charge in [-0.05, 0) is 25.5 Å². The van der Waals surface area contributed by atoms with E-state index in [9.17, 15) is 4.79 Å². The smallest absolute Gasteiger partial charge is 0.272 e. The van der Waals surface area contributed by atoms with Gasteiger partial charge in [0.25, 0.3) is 5.91 Å². The molecule has 1 aromatic carbocycles. The molecule has 1 aliphatic heterocycles. The van der Waals surface area contributed by atoms with Gasteiger partial charge in [0.15, 0.2) is 0 Å². The summed E-state index contributed by atoms with van der Waals surface area (Å²) in [5, 5.41) is 0.887. The molecule has 2 N–H and O–H groups in total. The number of rotatable bonds is 1. The van der Waals surface area contributed by atoms with Crippen LogP contribution < -0.4 is 5.73 Å². The van der Waals surface area contributed by atoms with Crippen molar-refractivity contribution in [1.29, 1.82) is 0 Å². The Hall–Kier alpha value is -2.36. The first-order chi connectivity index (χ1) is 9.65. The monoisotopic (exact) mass is 267 g/mol. The maximum atomic E-state index is 12.5. The van der Waals surface area contributed by atoms with E-state index in [1.165, 1.54) is 5.57 Å². The molecule has 2 aromatic rings. The number of amides is 1. The molecule has 0 atom stereocenters. The highest BCUT2D eigenvalue weighted by Gasteiger charge is 2.19. The predicted octanol–water partition coefficient (Wildman–Crippen LogP) is 2.61. The maximum absolute atomic E-state index is 12.5. The largest absolute Gasteiger partial charge is 0.398 e. The number of hydrogen-bond acceptors (Lipinski definition) is 3. The first-order valence-electron chi connectivity index (χ1n) is 6.75. The third-order valence-electron chi connectivity index (χ3n) is 3.69. The van der Waals surface area contributed by atoms with Gasteiger partial charge in [-0.25, -0.2) is 4.98 Å². The zero-order valence-corrected chi connectivity index (χ0v) is 11.5. The van der Waals surface area contributed by atoms with E-state index in [1.54, 1.807) is 6.07 Å². The van der Waals surface area contributed by atoms with E-state index in [0.717, 1.165) is 23.9 Å². The average Bonchev–Trinajstić information content (AvgIpc) is 2.47. The number of hydrogen-bond donors (Lipinski definition) is 1. The van der Waals surface area contributed by atoms with Crippen LogP contribution in [-0.2, 0) is 0 Å². The molecule has 0 unspecified atom stereocenters. The normalized spacial score (nSPS) is 15.2. The van der Waals surface area contributed by atoms with Crippen LogP contribution in [0, 0.1) is 0 Å². The van der Waals surface area contributed by atoms with Crippen LogP contribution in [0.2, 0.25) is 0 Å². The summed E-state index contributed by atoms with van der Waals surface area (Å²) in [7, 11) is 0. The molecular weight excluding hydrogens is 250 g/mol. The van der Waals surface area contributed by atoms with Crippen LogP contribution in [0.1, 0.15) is 23.8 Å². The first kappa shape index (κ1) is 12.7. The van der Waals surface area contributed by atoms with Crippen molar-refractivity contribution >= 4 is 22.5 Å². The highest BCUT2D eigenvalue weighted by atomic mass is 16.2. The number of nitrogens with zero attached hydrogens (tertiary/aromatic N) is 2. The predicted molar refractivity (Wildman–Crippen MR) is 80.4 cm³/mol. The van der Waals surface area contributed by atoms with Crippen molar-refractivity contribution in [3.05, 3.63) is 47.7 Å². The summed E-state index contributed by atoms with van der Waals surface area (Å²) < 4.78 is 0. The second-order valence-electron chi connectivity index (χ2n) is 5.17. The Labute approximate surface area is 117 Å². The van der Waals surface area contributed by atoms with Gasteiger partial charge in [-0.3, -0.25) is 4.79 Å². The van der Waals surface area contributed by atoms with Crippen molar-refractivity contribution in [2.75, 3.05) is 18.8 Å². The number of carbonyl (C=O) groups excluding carboxylic acids is 1. The van der Waals surface area contributed by atoms with Gasteiger partial charge in [0.1, 0.15) is 5.69 Å². The molecule has 0 fully saturated rings. The van der Waals surface area contributed by atoms with E-state index in [4.69, 9.17) is 5.73 Å². The highest BCUT2D eigenvalue weighted by molar-refractivity contribution is 5.99. The topological polar surface area (TPSA) is 59.2 Å². The number of pyridine rings is 1. The van der Waals surface area contributed by atoms with Crippen LogP contribution in [0.5, 0.6) is 0 Å². The SMILES string of the molecule is CC1=CCN(C(=O)c2cc(N)c3ccccc3n2)CC1. The molecule has 1 aliphatic rings. The van der Waals surface area contributed by atoms with Crippen molar-refractivity contribution in [2.24, 2.45) is 0 Å². The molecule has 2 heterocycles. The number of aromatic nitrogens is 1. The summed E-state index contributed by atoms with van der Waals surface area (Å²) in [6, 6.07) is 9.29. The van der Waals surface area contributed by atoms with E-state index >= 15 is 0 Å². The Morgan fingerprint density at radius 2 is 2.15 bits per heavy atom. The highest BCUT2D eigenvalue weighted by Crippen LogP contribution is 2.21. The average molecular weight is 267 g/mol. The Bertz CT molecular complexity index is 706. The molecule has 0 aliphatic carbocycles. The number of benzene rings is 1. The number of nitrogens with two attached hydrogens (primary N) is 1. The van der Waals surface area contributed by atoms with Crippen LogP contribution in [0.25, 0.3) is 10.9 Å². The van der Waals surface area contributed by atoms with Crippen LogP contribution >= 0.6 is 0 Å². The fraction of sp³-hybridized carbons (Fsp3) is 0.250. The third kappa shape index (κ3) is 2.25. The summed E-state index contributed by atoms with van der Waals surface area (Å²) in [6.07, 6.45) is 3.01. The maximum Gasteiger partial charge on any atom is 0.272 e. The molecule has 20 heavy (non-hydrogen) atoms. The Morgan fingerprint density at radius 1 is 1.35 bits per heavy atom. The molecule has 1 amide bonds. The van der Waals surface area contributed by atoms with E-state index < -0.39 is 0 Å². The fourth-order valence-electron chi connectivity index (χ4n) is 2.43. The van der Waals surface area contributed by atoms with E-state index in [0.29, 0.717) is 17.9 Å². The molecule has 4 nitrogen and oxygen atoms in total. The Kier molecular flexibility index (Phi) is 3.14. The van der Waals surface area contributed by atoms with Gasteiger partial charge < -0.3 is 10.6 Å². The van der Waals surface area contributed by atoms with Crippen molar-refractivity contribution in [3.8, 4) is 0 Å². The second-order valence-corrected chi connectivity index (χ2v) is 5.17. The summed E-state index contributed by atoms with van der Waals surface area (Å²) in [6.45, 7) is 3.49. The minimum atomic E-state index is -0.0498. The van der Waals surface area contributed by atoms with Gasteiger partial charge >= 0.3 is 0 Å². The molecule has 0 radical (unpaired) electrons. The first-order valence-corrected chi connectivity index (χ1v) is 6.75. The minimum absolute atomic E-state index is 0.0498. The van der Waals surface area contributed by atoms with Crippen molar-refractivity contribution < 1.29 is 4.79 Å². The number of carbonyl (C=O) groups is 1. The Balaban J connectivity index is 1.96. The summed E-state index contributed by atoms with van der Waals surface area (Å²) in [4.78, 5) is 18.7. The number of para-hydroxylation sites is 1. The van der Waals surface area contributed by atoms with Gasteiger partial charge in [-0.1, -0.05) is 29.8 Å². The Morgan fingerprint density at radius 3 is 2.90 bits per heavy atom. The third-order valence-corrected chi connectivity index (χ3v) is 3.69. The summed E-state index contributed by atoms with van der Waals surface area (Å²) in [5.74, 6) is -0.0498. The van der Waals surface area contributed by atoms with E-state index in [1.807, 2.05) is 29.2 Å². The summed E-state index contributed by atoms with van der Waals surface area (Å²) >= 11 is 0. The van der Waals surface area contributed by atoms with Gasteiger partial charge in [0, 0.05) is 24.2 Å². The van der Waals surface area contributed by atoms with Gasteiger partial charge in [-0.15, -0.1) is 0 Å². The van der Waals surface area contributed by atoms with Gasteiger partial charge in [-0.2, -0.15) is 0 Å². The molecule has 0 bridgehead atoms. The lowest BCUT2D eigenvalue weighted by Gasteiger charge is -2.25. The lowest BCUT2D eigenvalue weighted by atomic mass is 10.1. The molecular formula is C16H17N3O. The summed E-state index contributed by atoms with van der Waals surface area (Å²) in [5.41, 5.74) is 9.15. The second kappa shape index (κ2) is 4.96. The van der Waals surface area contributed by atoms with Crippen LogP contribution in [-0.4, -0.2) is 28.9 Å². The molecule has 0 spiro atoms. The number of anilines is 1. The number of fused-ring (bicyclic) bond motifs is 1. The zero-order chi connectivity index (χ0) is 14.1. The van der Waals surface area contributed by atoms with Gasteiger partial charge in [0.05, 0.1) is 5.52 Å². The fourth-order valence-corrected chi connectivity index (χ4v) is 2.43. The molecule has 1 aromatic heterocycles. The molecule has 0 saturated heterocycles. The molecule has 3 rings (SSSR count). The molecule has 0 saturated carbocycles. The van der Waals surface area contributed by atoms with Crippen LogP contribution in [0.3, 0.4) is 0 Å². The molecule has 4 heteroatoms. The quantitative estimate of drug-likeness (QED) is 0.808. The lowest BCUT2D eigenvalue weighted by molar-refractivity contribution is 0.0763. The molecule has 102 valence electrons. The zero-order valence-electron chi connectivity index (χ0n) is 11.5. The standard InChI is InChI=1S/C16H17N3O/c1-11-6-8-19(9-7-11)16(20)15-10-13(17)12-4-2-3-5-14(12)18-15/h2-6,10H,7-9H2,1H3,(H2,17,18).